The molecule has 0 aliphatic carbocycles. The fraction of sp³-hybridized carbons (Fsp3) is 0.740. The van der Waals surface area contributed by atoms with Crippen molar-refractivity contribution in [1.29, 1.82) is 0 Å². The summed E-state index contributed by atoms with van der Waals surface area (Å²) < 4.78 is 30.4. The molecule has 3 unspecified atom stereocenters. The highest BCUT2D eigenvalue weighted by Gasteiger charge is 2.27. The van der Waals surface area contributed by atoms with Crippen LogP contribution in [0.1, 0.15) is 316 Å². The summed E-state index contributed by atoms with van der Waals surface area (Å²) in [5.74, 6) is -0.549. The molecule has 0 aliphatic heterocycles. The first-order valence-corrected chi connectivity index (χ1v) is 37.7. The van der Waals surface area contributed by atoms with Crippen molar-refractivity contribution in [3.05, 3.63) is 109 Å². The van der Waals surface area contributed by atoms with Crippen molar-refractivity contribution < 1.29 is 37.3 Å². The molecule has 0 saturated carbocycles. The lowest BCUT2D eigenvalue weighted by Crippen LogP contribution is -2.47. The Balaban J connectivity index is 5.03. The summed E-state index contributed by atoms with van der Waals surface area (Å²) in [4.78, 5) is 40.2. The molecule has 10 heteroatoms. The van der Waals surface area contributed by atoms with E-state index in [0.717, 1.165) is 116 Å². The van der Waals surface area contributed by atoms with Crippen LogP contribution in [0.5, 0.6) is 0 Å². The Kier molecular flexibility index (Phi) is 63.1. The van der Waals surface area contributed by atoms with Gasteiger partial charge in [0.1, 0.15) is 19.3 Å². The summed E-state index contributed by atoms with van der Waals surface area (Å²) in [6.45, 7) is 6.71. The molecule has 0 fully saturated rings. The molecule has 0 aromatic rings. The average molecular weight is 1230 g/mol. The molecule has 9 nitrogen and oxygen atoms in total. The molecule has 87 heavy (non-hydrogen) atoms. The van der Waals surface area contributed by atoms with Crippen LogP contribution in [0.15, 0.2) is 109 Å². The van der Waals surface area contributed by atoms with Crippen LogP contribution in [0.3, 0.4) is 0 Å². The standard InChI is InChI=1S/C77H137N2O7P/c1-7-10-13-16-19-22-25-27-29-31-33-35-37-38-39-40-42-43-45-47-49-51-54-57-60-63-66-69-76(80)78-74(73-85-87(82,83)84-72-71-79(4,5)6)75(68-65-62-59-56-53-24-21-18-15-12-9-3)86-77(81)70-67-64-61-58-55-52-50-48-46-44-41-36-34-32-30-28-26-23-20-17-14-11-8-2/h10,13,19-20,22-23,27-30,33,35,38-39,42-43,65,68,74-75H,7-9,11-12,14-18,21,24-26,31-32,34,36-37,40-41,44-64,66-67,69-73H2,1-6H3,(H-,78,80,82,83)/b13-10-,22-19-,23-20-,29-27-,30-28-,35-33-,39-38-,43-42-,68-65-. The third-order valence-corrected chi connectivity index (χ3v) is 16.7. The van der Waals surface area contributed by atoms with Gasteiger partial charge in [-0.25, -0.2) is 0 Å². The van der Waals surface area contributed by atoms with Crippen molar-refractivity contribution in [3.63, 3.8) is 0 Å². The van der Waals surface area contributed by atoms with Crippen molar-refractivity contribution in [3.8, 4) is 0 Å². The van der Waals surface area contributed by atoms with Crippen LogP contribution in [-0.4, -0.2) is 69.4 Å². The van der Waals surface area contributed by atoms with E-state index in [0.29, 0.717) is 17.4 Å². The second-order valence-corrected chi connectivity index (χ2v) is 26.8. The predicted molar refractivity (Wildman–Crippen MR) is 376 cm³/mol. The zero-order valence-electron chi connectivity index (χ0n) is 57.4. The highest BCUT2D eigenvalue weighted by molar-refractivity contribution is 7.45. The van der Waals surface area contributed by atoms with Crippen molar-refractivity contribution in [2.75, 3.05) is 40.9 Å². The van der Waals surface area contributed by atoms with E-state index in [2.05, 4.69) is 123 Å². The number of nitrogens with zero attached hydrogens (tertiary/aromatic N) is 1. The molecule has 0 aromatic heterocycles. The number of amides is 1. The number of carbonyl (C=O) groups excluding carboxylic acids is 2. The number of unbranched alkanes of at least 4 members (excludes halogenated alkanes) is 33. The summed E-state index contributed by atoms with van der Waals surface area (Å²) in [6.07, 6.45) is 90.7. The molecule has 1 N–H and O–H groups in total. The van der Waals surface area contributed by atoms with Crippen LogP contribution >= 0.6 is 7.82 Å². The van der Waals surface area contributed by atoms with E-state index in [4.69, 9.17) is 13.8 Å². The van der Waals surface area contributed by atoms with Crippen molar-refractivity contribution in [2.45, 2.75) is 328 Å². The van der Waals surface area contributed by atoms with Gasteiger partial charge in [-0.05, 0) is 115 Å². The predicted octanol–water partition coefficient (Wildman–Crippen LogP) is 22.6. The van der Waals surface area contributed by atoms with Crippen LogP contribution in [-0.2, 0) is 27.9 Å². The quantitative estimate of drug-likeness (QED) is 0.0212. The zero-order valence-corrected chi connectivity index (χ0v) is 58.3. The molecule has 0 bridgehead atoms. The van der Waals surface area contributed by atoms with Gasteiger partial charge >= 0.3 is 5.97 Å². The largest absolute Gasteiger partial charge is 0.756 e. The number of hydrogen-bond donors (Lipinski definition) is 1. The topological polar surface area (TPSA) is 114 Å². The number of ether oxygens (including phenoxy) is 1. The van der Waals surface area contributed by atoms with Gasteiger partial charge in [0.25, 0.3) is 7.82 Å². The molecule has 0 rings (SSSR count). The van der Waals surface area contributed by atoms with Gasteiger partial charge in [0.15, 0.2) is 0 Å². The number of likely N-dealkylation sites (N-methyl/N-ethyl adjacent to an activating group) is 1. The molecular formula is C77H137N2O7P. The molecule has 0 radical (unpaired) electrons. The molecule has 0 aromatic carbocycles. The van der Waals surface area contributed by atoms with Gasteiger partial charge in [0.05, 0.1) is 33.8 Å². The Bertz CT molecular complexity index is 1860. The Labute approximate surface area is 538 Å². The summed E-state index contributed by atoms with van der Waals surface area (Å²) in [5, 5.41) is 3.04. The Hall–Kier alpha value is -3.33. The Morgan fingerprint density at radius 3 is 1.13 bits per heavy atom. The highest BCUT2D eigenvalue weighted by Crippen LogP contribution is 2.38. The number of nitrogens with one attached hydrogen (secondary N) is 1. The normalized spacial score (nSPS) is 14.1. The van der Waals surface area contributed by atoms with Crippen LogP contribution in [0, 0.1) is 0 Å². The first-order valence-electron chi connectivity index (χ1n) is 36.2. The maximum absolute atomic E-state index is 13.6. The molecular weight excluding hydrogens is 1100 g/mol. The maximum Gasteiger partial charge on any atom is 0.306 e. The average Bonchev–Trinajstić information content (AvgIpc) is 3.70. The lowest BCUT2D eigenvalue weighted by Gasteiger charge is -2.30. The van der Waals surface area contributed by atoms with Gasteiger partial charge in [-0.15, -0.1) is 0 Å². The summed E-state index contributed by atoms with van der Waals surface area (Å²) in [5.41, 5.74) is 0. The molecule has 0 aliphatic rings. The molecule has 502 valence electrons. The number of allylic oxidation sites excluding steroid dienone is 17. The number of phosphoric ester groups is 1. The third-order valence-electron chi connectivity index (χ3n) is 15.7. The van der Waals surface area contributed by atoms with Gasteiger partial charge in [0.2, 0.25) is 5.91 Å². The number of hydrogen-bond acceptors (Lipinski definition) is 7. The van der Waals surface area contributed by atoms with Crippen molar-refractivity contribution in [1.82, 2.24) is 5.32 Å². The van der Waals surface area contributed by atoms with Crippen LogP contribution < -0.4 is 10.2 Å². The van der Waals surface area contributed by atoms with Gasteiger partial charge in [-0.2, -0.15) is 0 Å². The van der Waals surface area contributed by atoms with E-state index in [1.807, 2.05) is 33.3 Å². The highest BCUT2D eigenvalue weighted by atomic mass is 31.2. The van der Waals surface area contributed by atoms with Gasteiger partial charge < -0.3 is 28.5 Å². The third kappa shape index (κ3) is 66.9. The van der Waals surface area contributed by atoms with Crippen LogP contribution in [0.25, 0.3) is 0 Å². The van der Waals surface area contributed by atoms with Crippen molar-refractivity contribution in [2.24, 2.45) is 0 Å². The first-order chi connectivity index (χ1) is 42.4. The fourth-order valence-electron chi connectivity index (χ4n) is 10.1. The number of carbonyl (C=O) groups is 2. The molecule has 1 amide bonds. The first kappa shape index (κ1) is 83.7. The summed E-state index contributed by atoms with van der Waals surface area (Å²) in [7, 11) is 1.17. The number of phosphoric acid groups is 1. The van der Waals surface area contributed by atoms with Gasteiger partial charge in [-0.1, -0.05) is 297 Å². The maximum atomic E-state index is 13.6. The van der Waals surface area contributed by atoms with Gasteiger partial charge in [0, 0.05) is 12.8 Å². The second kappa shape index (κ2) is 65.6. The smallest absolute Gasteiger partial charge is 0.306 e. The fourth-order valence-corrected chi connectivity index (χ4v) is 10.9. The molecule has 0 heterocycles. The summed E-state index contributed by atoms with van der Waals surface area (Å²) in [6, 6.07) is -0.900. The molecule has 3 atom stereocenters. The Morgan fingerprint density at radius 2 is 0.736 bits per heavy atom. The van der Waals surface area contributed by atoms with Crippen LogP contribution in [0.2, 0.25) is 0 Å². The lowest BCUT2D eigenvalue weighted by atomic mass is 10.0. The second-order valence-electron chi connectivity index (χ2n) is 25.4. The molecule has 0 saturated heterocycles. The summed E-state index contributed by atoms with van der Waals surface area (Å²) >= 11 is 0. The minimum atomic E-state index is -4.71. The van der Waals surface area contributed by atoms with E-state index in [9.17, 15) is 19.0 Å². The SMILES string of the molecule is CC/C=C\C/C=C\C/C=C\C/C=C\C/C=C\C/C=C\CCCCCCCCCCC(=O)NC(COP(=O)([O-])OCC[N+](C)(C)C)C(/C=C\CCCCCCCCCCC)OC(=O)CCCCCCCCCCCCCCC/C=C\C/C=C\CCCCC. The zero-order chi connectivity index (χ0) is 63.5. The number of rotatable bonds is 65. The van der Waals surface area contributed by atoms with E-state index >= 15 is 0 Å². The number of esters is 1. The minimum Gasteiger partial charge on any atom is -0.756 e. The molecule has 0 spiro atoms. The van der Waals surface area contributed by atoms with Crippen LogP contribution in [0.4, 0.5) is 0 Å². The monoisotopic (exact) mass is 1230 g/mol. The van der Waals surface area contributed by atoms with E-state index < -0.39 is 26.6 Å². The number of quaternary nitrogens is 1. The van der Waals surface area contributed by atoms with Gasteiger partial charge in [-0.3, -0.25) is 14.2 Å². The van der Waals surface area contributed by atoms with Crippen molar-refractivity contribution >= 4 is 19.7 Å². The minimum absolute atomic E-state index is 0.0283. The van der Waals surface area contributed by atoms with E-state index in [-0.39, 0.29) is 24.9 Å². The lowest BCUT2D eigenvalue weighted by molar-refractivity contribution is -0.870. The Morgan fingerprint density at radius 1 is 0.414 bits per heavy atom. The van der Waals surface area contributed by atoms with E-state index in [1.165, 1.54) is 167 Å². The van der Waals surface area contributed by atoms with E-state index in [1.54, 1.807) is 0 Å².